The third-order valence-corrected chi connectivity index (χ3v) is 5.10. The summed E-state index contributed by atoms with van der Waals surface area (Å²) in [5, 5.41) is 12.7. The van der Waals surface area contributed by atoms with Crippen LogP contribution in [0.3, 0.4) is 0 Å². The first-order chi connectivity index (χ1) is 15.0. The third kappa shape index (κ3) is 6.29. The van der Waals surface area contributed by atoms with Crippen molar-refractivity contribution in [2.24, 2.45) is 0 Å². The number of carbonyl (C=O) groups is 1. The van der Waals surface area contributed by atoms with Gasteiger partial charge in [-0.25, -0.2) is 4.84 Å². The molecule has 3 aromatic rings. The smallest absolute Gasteiger partial charge is 0.334 e. The fourth-order valence-electron chi connectivity index (χ4n) is 3.06. The van der Waals surface area contributed by atoms with Crippen molar-refractivity contribution in [3.63, 3.8) is 0 Å². The van der Waals surface area contributed by atoms with Crippen molar-refractivity contribution in [1.82, 2.24) is 0 Å². The van der Waals surface area contributed by atoms with E-state index in [1.165, 1.54) is 6.07 Å². The second-order valence-corrected chi connectivity index (χ2v) is 7.62. The van der Waals surface area contributed by atoms with Gasteiger partial charge in [0.25, 0.3) is 0 Å². The van der Waals surface area contributed by atoms with Crippen molar-refractivity contribution in [1.29, 1.82) is 0 Å². The Bertz CT molecular complexity index is 1070. The molecule has 160 valence electrons. The Hall–Kier alpha value is -3.39. The highest BCUT2D eigenvalue weighted by Crippen LogP contribution is 2.26. The van der Waals surface area contributed by atoms with E-state index in [-0.39, 0.29) is 5.56 Å². The lowest BCUT2D eigenvalue weighted by atomic mass is 10.1. The van der Waals surface area contributed by atoms with Crippen molar-refractivity contribution >= 4 is 27.6 Å². The van der Waals surface area contributed by atoms with Gasteiger partial charge in [0, 0.05) is 27.8 Å². The lowest BCUT2D eigenvalue weighted by Crippen LogP contribution is -2.11. The van der Waals surface area contributed by atoms with Gasteiger partial charge in [0.05, 0.1) is 0 Å². The SMILES string of the molecule is CCc1cc(C(=O)O[N+](=O)[O-])ccc1NCc1cc(Br)ccc1OCc1ccccc1. The number of hydrogen-bond donors (Lipinski definition) is 1. The summed E-state index contributed by atoms with van der Waals surface area (Å²) >= 11 is 3.50. The van der Waals surface area contributed by atoms with Crippen molar-refractivity contribution in [2.75, 3.05) is 5.32 Å². The summed E-state index contributed by atoms with van der Waals surface area (Å²) in [5.41, 5.74) is 3.85. The van der Waals surface area contributed by atoms with Gasteiger partial charge >= 0.3 is 11.1 Å². The Kier molecular flexibility index (Phi) is 7.61. The summed E-state index contributed by atoms with van der Waals surface area (Å²) in [6, 6.07) is 20.6. The molecule has 0 aromatic heterocycles. The van der Waals surface area contributed by atoms with E-state index in [0.717, 1.165) is 32.6 Å². The van der Waals surface area contributed by atoms with Crippen molar-refractivity contribution in [3.05, 3.63) is 104 Å². The third-order valence-electron chi connectivity index (χ3n) is 4.61. The van der Waals surface area contributed by atoms with Crippen LogP contribution in [0.4, 0.5) is 5.69 Å². The molecule has 0 aliphatic carbocycles. The number of aryl methyl sites for hydroxylation is 1. The summed E-state index contributed by atoms with van der Waals surface area (Å²) < 4.78 is 6.96. The van der Waals surface area contributed by atoms with Gasteiger partial charge in [-0.05, 0) is 53.9 Å². The Morgan fingerprint density at radius 3 is 2.55 bits per heavy atom. The molecule has 3 aromatic carbocycles. The van der Waals surface area contributed by atoms with E-state index in [1.807, 2.05) is 55.5 Å². The standard InChI is InChI=1S/C23H21BrN2O5/c1-2-17-12-18(23(27)31-26(28)29)8-10-21(17)25-14-19-13-20(24)9-11-22(19)30-15-16-6-4-3-5-7-16/h3-13,25H,2,14-15H2,1H3. The fraction of sp³-hybridized carbons (Fsp3) is 0.174. The largest absolute Gasteiger partial charge is 0.489 e. The van der Waals surface area contributed by atoms with E-state index < -0.39 is 11.1 Å². The minimum atomic E-state index is -1.11. The van der Waals surface area contributed by atoms with Crippen molar-refractivity contribution in [3.8, 4) is 5.75 Å². The maximum Gasteiger partial charge on any atom is 0.334 e. The number of halogens is 1. The second kappa shape index (κ2) is 10.6. The minimum Gasteiger partial charge on any atom is -0.489 e. The highest BCUT2D eigenvalue weighted by molar-refractivity contribution is 9.10. The fourth-order valence-corrected chi connectivity index (χ4v) is 3.47. The lowest BCUT2D eigenvalue weighted by Gasteiger charge is -2.16. The topological polar surface area (TPSA) is 90.7 Å². The predicted molar refractivity (Wildman–Crippen MR) is 120 cm³/mol. The molecule has 31 heavy (non-hydrogen) atoms. The molecule has 7 nitrogen and oxygen atoms in total. The molecule has 0 saturated carbocycles. The number of benzene rings is 3. The van der Waals surface area contributed by atoms with Crippen LogP contribution in [0.15, 0.2) is 71.2 Å². The van der Waals surface area contributed by atoms with Crippen LogP contribution in [0.2, 0.25) is 0 Å². The molecular formula is C23H21BrN2O5. The van der Waals surface area contributed by atoms with Gasteiger partial charge in [-0.1, -0.05) is 53.2 Å². The summed E-state index contributed by atoms with van der Waals surface area (Å²) in [4.78, 5) is 26.2. The molecule has 0 heterocycles. The van der Waals surface area contributed by atoms with Gasteiger partial charge in [-0.2, -0.15) is 0 Å². The molecule has 0 bridgehead atoms. The Morgan fingerprint density at radius 1 is 1.06 bits per heavy atom. The summed E-state index contributed by atoms with van der Waals surface area (Å²) in [7, 11) is 0. The number of carbonyl (C=O) groups excluding carboxylic acids is 1. The quantitative estimate of drug-likeness (QED) is 0.316. The molecule has 0 atom stereocenters. The van der Waals surface area contributed by atoms with Gasteiger partial charge < -0.3 is 10.1 Å². The highest BCUT2D eigenvalue weighted by atomic mass is 79.9. The molecule has 0 radical (unpaired) electrons. The minimum absolute atomic E-state index is 0.133. The highest BCUT2D eigenvalue weighted by Gasteiger charge is 2.13. The zero-order valence-corrected chi connectivity index (χ0v) is 18.4. The van der Waals surface area contributed by atoms with Gasteiger partial charge in [0.15, 0.2) is 0 Å². The van der Waals surface area contributed by atoms with Crippen LogP contribution < -0.4 is 10.1 Å². The molecule has 1 N–H and O–H groups in total. The summed E-state index contributed by atoms with van der Waals surface area (Å²) in [6.45, 7) is 2.90. The van der Waals surface area contributed by atoms with E-state index in [2.05, 4.69) is 26.1 Å². The molecule has 0 unspecified atom stereocenters. The first-order valence-corrected chi connectivity index (χ1v) is 10.4. The van der Waals surface area contributed by atoms with Crippen LogP contribution in [0.5, 0.6) is 5.75 Å². The zero-order chi connectivity index (χ0) is 22.2. The molecule has 0 fully saturated rings. The van der Waals surface area contributed by atoms with E-state index in [0.29, 0.717) is 19.6 Å². The first-order valence-electron chi connectivity index (χ1n) is 9.65. The van der Waals surface area contributed by atoms with Gasteiger partial charge in [-0.15, -0.1) is 10.1 Å². The number of hydrogen-bond acceptors (Lipinski definition) is 6. The van der Waals surface area contributed by atoms with Crippen LogP contribution in [-0.4, -0.2) is 11.1 Å². The lowest BCUT2D eigenvalue weighted by molar-refractivity contribution is -0.727. The zero-order valence-electron chi connectivity index (χ0n) is 16.8. The molecule has 0 spiro atoms. The maximum absolute atomic E-state index is 11.8. The summed E-state index contributed by atoms with van der Waals surface area (Å²) in [5.74, 6) is -0.223. The first kappa shape index (κ1) is 22.3. The molecule has 0 saturated heterocycles. The Balaban J connectivity index is 1.73. The Labute approximate surface area is 188 Å². The van der Waals surface area contributed by atoms with E-state index in [1.54, 1.807) is 12.1 Å². The second-order valence-electron chi connectivity index (χ2n) is 6.71. The van der Waals surface area contributed by atoms with Gasteiger partial charge in [-0.3, -0.25) is 4.79 Å². The van der Waals surface area contributed by atoms with E-state index in [9.17, 15) is 14.9 Å². The number of ether oxygens (including phenoxy) is 1. The van der Waals surface area contributed by atoms with Gasteiger partial charge in [0.1, 0.15) is 12.4 Å². The number of nitrogens with one attached hydrogen (secondary N) is 1. The van der Waals surface area contributed by atoms with Crippen LogP contribution in [-0.2, 0) is 24.4 Å². The van der Waals surface area contributed by atoms with Crippen molar-refractivity contribution in [2.45, 2.75) is 26.5 Å². The molecule has 0 aliphatic heterocycles. The number of anilines is 1. The van der Waals surface area contributed by atoms with E-state index >= 15 is 0 Å². The van der Waals surface area contributed by atoms with Gasteiger partial charge in [0.2, 0.25) is 0 Å². The van der Waals surface area contributed by atoms with Crippen molar-refractivity contribution < 1.29 is 19.5 Å². The van der Waals surface area contributed by atoms with Crippen LogP contribution in [0.1, 0.15) is 34.0 Å². The molecule has 8 heteroatoms. The maximum atomic E-state index is 11.8. The summed E-state index contributed by atoms with van der Waals surface area (Å²) in [6.07, 6.45) is 0.637. The normalized spacial score (nSPS) is 10.4. The number of nitrogens with zero attached hydrogens (tertiary/aromatic N) is 1. The molecule has 0 amide bonds. The average Bonchev–Trinajstić information content (AvgIpc) is 2.77. The molecule has 0 aliphatic rings. The van der Waals surface area contributed by atoms with Crippen LogP contribution >= 0.6 is 15.9 Å². The van der Waals surface area contributed by atoms with Crippen LogP contribution in [0, 0.1) is 10.1 Å². The average molecular weight is 485 g/mol. The predicted octanol–water partition coefficient (Wildman–Crippen LogP) is 5.55. The molecular weight excluding hydrogens is 464 g/mol. The monoisotopic (exact) mass is 484 g/mol. The number of rotatable bonds is 9. The Morgan fingerprint density at radius 2 is 1.84 bits per heavy atom. The van der Waals surface area contributed by atoms with Crippen LogP contribution in [0.25, 0.3) is 0 Å². The molecule has 3 rings (SSSR count). The van der Waals surface area contributed by atoms with E-state index in [4.69, 9.17) is 4.74 Å².